The molecule has 1 heterocycles. The van der Waals surface area contributed by atoms with Gasteiger partial charge in [0.1, 0.15) is 11.2 Å². The van der Waals surface area contributed by atoms with Gasteiger partial charge < -0.3 is 9.32 Å². The van der Waals surface area contributed by atoms with Crippen molar-refractivity contribution in [2.45, 2.75) is 5.41 Å². The van der Waals surface area contributed by atoms with Crippen LogP contribution in [0.1, 0.15) is 22.3 Å². The summed E-state index contributed by atoms with van der Waals surface area (Å²) in [5, 5.41) is 2.26. The highest BCUT2D eigenvalue weighted by Crippen LogP contribution is 2.64. The maximum Gasteiger partial charge on any atom is 0.143 e. The number of nitrogens with zero attached hydrogens (tertiary/aromatic N) is 1. The fourth-order valence-electron chi connectivity index (χ4n) is 12.4. The molecule has 2 aliphatic carbocycles. The van der Waals surface area contributed by atoms with Gasteiger partial charge in [-0.25, -0.2) is 0 Å². The standard InChI is InChI=1S/C73H47NO/c1-3-14-48(15-4-1)50-26-30-52(31-27-50)54-34-39-57(40-35-54)74(58-41-36-55(37-42-58)53-32-28-51(29-33-53)49-16-5-2-6-17-49)59-43-45-64-63-44-38-56(60-21-13-22-66-65-20-9-12-25-71(65)75-72(60)66)46-69(63)73(70(64)47-59)67-23-10-7-18-61(67)62-19-8-11-24-68(62)73/h1-47H. The molecule has 0 amide bonds. The lowest BCUT2D eigenvalue weighted by atomic mass is 9.70. The molecule has 2 heteroatoms. The van der Waals surface area contributed by atoms with Crippen LogP contribution in [0, 0.1) is 0 Å². The van der Waals surface area contributed by atoms with Gasteiger partial charge in [0.15, 0.2) is 0 Å². The van der Waals surface area contributed by atoms with Crippen LogP contribution >= 0.6 is 0 Å². The van der Waals surface area contributed by atoms with E-state index < -0.39 is 5.41 Å². The lowest BCUT2D eigenvalue weighted by Crippen LogP contribution is -2.26. The van der Waals surface area contributed by atoms with Crippen LogP contribution in [0.2, 0.25) is 0 Å². The third kappa shape index (κ3) is 6.80. The van der Waals surface area contributed by atoms with Gasteiger partial charge in [-0.2, -0.15) is 0 Å². The minimum atomic E-state index is -0.580. The second kappa shape index (κ2) is 17.2. The van der Waals surface area contributed by atoms with Crippen LogP contribution in [-0.2, 0) is 5.41 Å². The van der Waals surface area contributed by atoms with Gasteiger partial charge in [-0.05, 0) is 143 Å². The number of fused-ring (bicyclic) bond motifs is 13. The van der Waals surface area contributed by atoms with E-state index in [1.807, 2.05) is 6.07 Å². The Morgan fingerprint density at radius 3 is 1.16 bits per heavy atom. The molecule has 15 rings (SSSR count). The molecule has 2 nitrogen and oxygen atoms in total. The molecule has 0 saturated carbocycles. The molecule has 350 valence electrons. The molecule has 0 saturated heterocycles. The first-order valence-corrected chi connectivity index (χ1v) is 25.9. The van der Waals surface area contributed by atoms with Gasteiger partial charge in [-0.1, -0.05) is 237 Å². The predicted octanol–water partition coefficient (Wildman–Crippen LogP) is 19.7. The molecular weight excluding hydrogens is 907 g/mol. The summed E-state index contributed by atoms with van der Waals surface area (Å²) in [6.45, 7) is 0. The molecule has 0 fully saturated rings. The molecule has 75 heavy (non-hydrogen) atoms. The second-order valence-electron chi connectivity index (χ2n) is 19.9. The lowest BCUT2D eigenvalue weighted by molar-refractivity contribution is 0.670. The monoisotopic (exact) mass is 953 g/mol. The van der Waals surface area contributed by atoms with E-state index in [4.69, 9.17) is 4.42 Å². The van der Waals surface area contributed by atoms with Gasteiger partial charge >= 0.3 is 0 Å². The second-order valence-corrected chi connectivity index (χ2v) is 19.9. The first kappa shape index (κ1) is 42.9. The normalized spacial score (nSPS) is 12.6. The summed E-state index contributed by atoms with van der Waals surface area (Å²) in [4.78, 5) is 2.43. The molecular formula is C73H47NO. The Balaban J connectivity index is 0.886. The molecule has 2 aliphatic rings. The number of rotatable bonds is 8. The summed E-state index contributed by atoms with van der Waals surface area (Å²) in [5.41, 5.74) is 26.5. The fourth-order valence-corrected chi connectivity index (χ4v) is 12.4. The van der Waals surface area contributed by atoms with Crippen molar-refractivity contribution < 1.29 is 4.42 Å². The first-order valence-electron chi connectivity index (χ1n) is 25.9. The Labute approximate surface area is 436 Å². The van der Waals surface area contributed by atoms with Crippen LogP contribution in [0.4, 0.5) is 17.1 Å². The number of benzene rings is 12. The Morgan fingerprint density at radius 2 is 0.613 bits per heavy atom. The summed E-state index contributed by atoms with van der Waals surface area (Å²) in [6, 6.07) is 105. The fraction of sp³-hybridized carbons (Fsp3) is 0.0137. The van der Waals surface area contributed by atoms with Gasteiger partial charge in [0.25, 0.3) is 0 Å². The summed E-state index contributed by atoms with van der Waals surface area (Å²) in [5.74, 6) is 0. The molecule has 0 bridgehead atoms. The largest absolute Gasteiger partial charge is 0.455 e. The number of hydrogen-bond acceptors (Lipinski definition) is 2. The van der Waals surface area contributed by atoms with Crippen molar-refractivity contribution >= 4 is 39.0 Å². The Bertz CT molecular complexity index is 4130. The quantitative estimate of drug-likeness (QED) is 0.151. The Morgan fingerprint density at radius 1 is 0.240 bits per heavy atom. The molecule has 1 aromatic heterocycles. The molecule has 1 spiro atoms. The maximum absolute atomic E-state index is 6.68. The van der Waals surface area contributed by atoms with E-state index in [2.05, 4.69) is 284 Å². The van der Waals surface area contributed by atoms with Crippen LogP contribution in [-0.4, -0.2) is 0 Å². The number of para-hydroxylation sites is 2. The minimum Gasteiger partial charge on any atom is -0.455 e. The van der Waals surface area contributed by atoms with E-state index in [0.717, 1.165) is 50.1 Å². The van der Waals surface area contributed by atoms with Gasteiger partial charge in [0.2, 0.25) is 0 Å². The van der Waals surface area contributed by atoms with E-state index in [0.29, 0.717) is 0 Å². The molecule has 0 radical (unpaired) electrons. The topological polar surface area (TPSA) is 16.4 Å². The summed E-state index contributed by atoms with van der Waals surface area (Å²) < 4.78 is 6.68. The Hall–Kier alpha value is -9.76. The zero-order chi connectivity index (χ0) is 49.5. The smallest absolute Gasteiger partial charge is 0.143 e. The van der Waals surface area contributed by atoms with E-state index in [9.17, 15) is 0 Å². The van der Waals surface area contributed by atoms with Crippen molar-refractivity contribution in [3.63, 3.8) is 0 Å². The van der Waals surface area contributed by atoms with Crippen LogP contribution in [0.5, 0.6) is 0 Å². The molecule has 13 aromatic rings. The zero-order valence-corrected chi connectivity index (χ0v) is 41.0. The number of anilines is 3. The Kier molecular flexibility index (Phi) is 9.83. The summed E-state index contributed by atoms with van der Waals surface area (Å²) >= 11 is 0. The maximum atomic E-state index is 6.68. The van der Waals surface area contributed by atoms with E-state index in [1.165, 1.54) is 89.0 Å². The zero-order valence-electron chi connectivity index (χ0n) is 41.0. The molecule has 12 aromatic carbocycles. The molecule has 0 unspecified atom stereocenters. The van der Waals surface area contributed by atoms with Crippen LogP contribution in [0.3, 0.4) is 0 Å². The van der Waals surface area contributed by atoms with Crippen LogP contribution in [0.15, 0.2) is 290 Å². The van der Waals surface area contributed by atoms with Crippen LogP contribution < -0.4 is 4.90 Å². The molecule has 0 atom stereocenters. The SMILES string of the molecule is c1ccc(-c2ccc(-c3ccc(N(c4ccc(-c5ccc(-c6ccccc6)cc5)cc4)c4ccc5c(c4)C4(c6ccccc6-c6ccccc64)c4cc(-c6cccc7c6oc6ccccc67)ccc4-5)cc3)cc2)cc1. The van der Waals surface area contributed by atoms with E-state index >= 15 is 0 Å². The van der Waals surface area contributed by atoms with Crippen LogP contribution in [0.25, 0.3) is 99.8 Å². The van der Waals surface area contributed by atoms with Gasteiger partial charge in [-0.15, -0.1) is 0 Å². The van der Waals surface area contributed by atoms with E-state index in [1.54, 1.807) is 0 Å². The average molecular weight is 954 g/mol. The number of furan rings is 1. The highest BCUT2D eigenvalue weighted by Gasteiger charge is 2.52. The molecule has 0 aliphatic heterocycles. The third-order valence-electron chi connectivity index (χ3n) is 15.9. The van der Waals surface area contributed by atoms with Crippen molar-refractivity contribution in [2.24, 2.45) is 0 Å². The predicted molar refractivity (Wildman–Crippen MR) is 312 cm³/mol. The molecule has 0 N–H and O–H groups in total. The van der Waals surface area contributed by atoms with Crippen molar-refractivity contribution in [1.29, 1.82) is 0 Å². The van der Waals surface area contributed by atoms with Gasteiger partial charge in [0, 0.05) is 33.4 Å². The summed E-state index contributed by atoms with van der Waals surface area (Å²) in [6.07, 6.45) is 0. The number of hydrogen-bond donors (Lipinski definition) is 0. The average Bonchev–Trinajstić information content (AvgIpc) is 4.12. The van der Waals surface area contributed by atoms with E-state index in [-0.39, 0.29) is 0 Å². The summed E-state index contributed by atoms with van der Waals surface area (Å²) in [7, 11) is 0. The highest BCUT2D eigenvalue weighted by atomic mass is 16.3. The lowest BCUT2D eigenvalue weighted by Gasteiger charge is -2.32. The first-order chi connectivity index (χ1) is 37.2. The van der Waals surface area contributed by atoms with Crippen molar-refractivity contribution in [2.75, 3.05) is 4.90 Å². The van der Waals surface area contributed by atoms with Crippen molar-refractivity contribution in [1.82, 2.24) is 0 Å². The van der Waals surface area contributed by atoms with Gasteiger partial charge in [-0.3, -0.25) is 0 Å². The van der Waals surface area contributed by atoms with Gasteiger partial charge in [0.05, 0.1) is 5.41 Å². The highest BCUT2D eigenvalue weighted by molar-refractivity contribution is 6.10. The third-order valence-corrected chi connectivity index (χ3v) is 15.9. The van der Waals surface area contributed by atoms with Crippen molar-refractivity contribution in [3.8, 4) is 77.9 Å². The minimum absolute atomic E-state index is 0.580. The van der Waals surface area contributed by atoms with Crippen molar-refractivity contribution in [3.05, 3.63) is 307 Å².